The molecule has 0 bridgehead atoms. The number of thiophene rings is 1. The Kier molecular flexibility index (Phi) is 11.5. The van der Waals surface area contributed by atoms with Crippen molar-refractivity contribution in [1.82, 2.24) is 0 Å². The zero-order valence-electron chi connectivity index (χ0n) is 11.2. The highest BCUT2D eigenvalue weighted by molar-refractivity contribution is 7.10. The Morgan fingerprint density at radius 2 is 1.32 bits per heavy atom. The summed E-state index contributed by atoms with van der Waals surface area (Å²) in [5.41, 5.74) is 1.41. The third kappa shape index (κ3) is 7.84. The van der Waals surface area contributed by atoms with Crippen molar-refractivity contribution in [3.05, 3.63) is 58.3 Å². The summed E-state index contributed by atoms with van der Waals surface area (Å²) >= 11 is 1.83. The van der Waals surface area contributed by atoms with Gasteiger partial charge in [-0.2, -0.15) is 0 Å². The van der Waals surface area contributed by atoms with Crippen molar-refractivity contribution < 1.29 is 0 Å². The molecule has 0 saturated heterocycles. The summed E-state index contributed by atoms with van der Waals surface area (Å²) in [5.74, 6) is 1.36. The molecule has 19 heavy (non-hydrogen) atoms. The van der Waals surface area contributed by atoms with Crippen LogP contribution in [0.3, 0.4) is 0 Å². The van der Waals surface area contributed by atoms with Gasteiger partial charge in [0.1, 0.15) is 0 Å². The third-order valence-electron chi connectivity index (χ3n) is 2.58. The Balaban J connectivity index is 0. The lowest BCUT2D eigenvalue weighted by molar-refractivity contribution is 0.867. The van der Waals surface area contributed by atoms with E-state index in [-0.39, 0.29) is 14.9 Å². The van der Waals surface area contributed by atoms with Gasteiger partial charge in [0.25, 0.3) is 0 Å². The van der Waals surface area contributed by atoms with Gasteiger partial charge in [-0.3, -0.25) is 0 Å². The minimum Gasteiger partial charge on any atom is -0.149 e. The first-order valence-electron chi connectivity index (χ1n) is 6.19. The van der Waals surface area contributed by atoms with Crippen molar-refractivity contribution in [2.24, 2.45) is 0 Å². The van der Waals surface area contributed by atoms with Crippen LogP contribution < -0.4 is 0 Å². The van der Waals surface area contributed by atoms with Crippen LogP contribution in [0.2, 0.25) is 0 Å². The van der Waals surface area contributed by atoms with Gasteiger partial charge < -0.3 is 0 Å². The molecule has 2 aromatic rings. The van der Waals surface area contributed by atoms with Crippen LogP contribution in [0.25, 0.3) is 0 Å². The van der Waals surface area contributed by atoms with Gasteiger partial charge in [-0.25, -0.2) is 0 Å². The molecule has 1 heteroatoms. The van der Waals surface area contributed by atoms with E-state index in [0.717, 1.165) is 0 Å². The molecule has 0 nitrogen and oxygen atoms in total. The van der Waals surface area contributed by atoms with E-state index in [1.54, 1.807) is 0 Å². The smallest absolute Gasteiger partial charge is 0.00706 e. The molecule has 1 aromatic carbocycles. The van der Waals surface area contributed by atoms with Gasteiger partial charge in [0, 0.05) is 4.88 Å². The lowest BCUT2D eigenvalue weighted by Gasteiger charge is -2.01. The molecule has 0 spiro atoms. The molecule has 0 amide bonds. The minimum absolute atomic E-state index is 0. The standard InChI is InChI=1S/C9H12.C7H10S.2CH4/c1-8(2)9-6-4-3-5-7-9;1-6(2)7-4-3-5-8-7;;/h3-8H,1-2H3;3-6H,1-2H3;2*1H4. The predicted octanol–water partition coefficient (Wildman–Crippen LogP) is 6.95. The highest BCUT2D eigenvalue weighted by atomic mass is 32.1. The average molecular weight is 279 g/mol. The summed E-state index contributed by atoms with van der Waals surface area (Å²) in [6.07, 6.45) is 0. The molecule has 0 atom stereocenters. The summed E-state index contributed by atoms with van der Waals surface area (Å²) in [4.78, 5) is 1.48. The number of rotatable bonds is 2. The average Bonchev–Trinajstić information content (AvgIpc) is 2.84. The van der Waals surface area contributed by atoms with Gasteiger partial charge in [-0.1, -0.05) is 78.9 Å². The molecule has 0 unspecified atom stereocenters. The van der Waals surface area contributed by atoms with Crippen molar-refractivity contribution in [3.8, 4) is 0 Å². The second kappa shape index (κ2) is 10.8. The Bertz CT molecular complexity index is 385. The first kappa shape index (κ1) is 20.2. The SMILES string of the molecule is C.C.CC(C)c1ccccc1.CC(C)c1cccs1. The molecular weight excluding hydrogens is 248 g/mol. The normalized spacial score (nSPS) is 9.16. The highest BCUT2D eigenvalue weighted by Gasteiger charge is 1.95. The van der Waals surface area contributed by atoms with E-state index < -0.39 is 0 Å². The molecule has 0 aliphatic carbocycles. The van der Waals surface area contributed by atoms with Gasteiger partial charge in [-0.05, 0) is 28.8 Å². The van der Waals surface area contributed by atoms with Gasteiger partial charge in [0.2, 0.25) is 0 Å². The molecular formula is C18H30S. The van der Waals surface area contributed by atoms with Crippen LogP contribution in [0.15, 0.2) is 47.8 Å². The first-order chi connectivity index (χ1) is 8.11. The number of hydrogen-bond acceptors (Lipinski definition) is 1. The molecule has 0 N–H and O–H groups in total. The highest BCUT2D eigenvalue weighted by Crippen LogP contribution is 2.18. The molecule has 0 fully saturated rings. The van der Waals surface area contributed by atoms with E-state index in [2.05, 4.69) is 69.5 Å². The van der Waals surface area contributed by atoms with Crippen LogP contribution in [0.4, 0.5) is 0 Å². The number of benzene rings is 1. The van der Waals surface area contributed by atoms with Crippen molar-refractivity contribution >= 4 is 11.3 Å². The summed E-state index contributed by atoms with van der Waals surface area (Å²) < 4.78 is 0. The fourth-order valence-electron chi connectivity index (χ4n) is 1.46. The fourth-order valence-corrected chi connectivity index (χ4v) is 2.20. The molecule has 0 aliphatic rings. The second-order valence-electron chi connectivity index (χ2n) is 4.74. The van der Waals surface area contributed by atoms with E-state index in [9.17, 15) is 0 Å². The molecule has 1 aromatic heterocycles. The zero-order chi connectivity index (χ0) is 12.7. The molecule has 0 aliphatic heterocycles. The Morgan fingerprint density at radius 3 is 1.58 bits per heavy atom. The topological polar surface area (TPSA) is 0 Å². The zero-order valence-corrected chi connectivity index (χ0v) is 12.0. The van der Waals surface area contributed by atoms with E-state index in [4.69, 9.17) is 0 Å². The van der Waals surface area contributed by atoms with Crippen molar-refractivity contribution in [2.75, 3.05) is 0 Å². The Hall–Kier alpha value is -1.08. The van der Waals surface area contributed by atoms with Crippen LogP contribution in [-0.2, 0) is 0 Å². The lowest BCUT2D eigenvalue weighted by Crippen LogP contribution is -1.83. The van der Waals surface area contributed by atoms with Crippen LogP contribution in [0, 0.1) is 0 Å². The molecule has 108 valence electrons. The van der Waals surface area contributed by atoms with Gasteiger partial charge in [0.05, 0.1) is 0 Å². The summed E-state index contributed by atoms with van der Waals surface area (Å²) in [5, 5.41) is 2.12. The van der Waals surface area contributed by atoms with E-state index in [1.807, 2.05) is 17.4 Å². The largest absolute Gasteiger partial charge is 0.149 e. The molecule has 1 heterocycles. The Morgan fingerprint density at radius 1 is 0.737 bits per heavy atom. The van der Waals surface area contributed by atoms with E-state index in [0.29, 0.717) is 11.8 Å². The van der Waals surface area contributed by atoms with Crippen molar-refractivity contribution in [2.45, 2.75) is 54.4 Å². The lowest BCUT2D eigenvalue weighted by atomic mass is 10.0. The summed E-state index contributed by atoms with van der Waals surface area (Å²) in [6, 6.07) is 14.8. The van der Waals surface area contributed by atoms with Gasteiger partial charge in [0.15, 0.2) is 0 Å². The first-order valence-corrected chi connectivity index (χ1v) is 7.07. The van der Waals surface area contributed by atoms with Gasteiger partial charge >= 0.3 is 0 Å². The molecule has 0 saturated carbocycles. The van der Waals surface area contributed by atoms with Crippen molar-refractivity contribution in [3.63, 3.8) is 0 Å². The van der Waals surface area contributed by atoms with Crippen LogP contribution >= 0.6 is 11.3 Å². The minimum atomic E-state index is 0. The van der Waals surface area contributed by atoms with Crippen LogP contribution in [0.1, 0.15) is 64.8 Å². The maximum atomic E-state index is 2.21. The Labute approximate surface area is 124 Å². The fraction of sp³-hybridized carbons (Fsp3) is 0.444. The second-order valence-corrected chi connectivity index (χ2v) is 5.71. The van der Waals surface area contributed by atoms with Gasteiger partial charge in [-0.15, -0.1) is 11.3 Å². The monoisotopic (exact) mass is 278 g/mol. The molecule has 0 radical (unpaired) electrons. The maximum absolute atomic E-state index is 2.21. The van der Waals surface area contributed by atoms with E-state index in [1.165, 1.54) is 10.4 Å². The molecule has 2 rings (SSSR count). The number of hydrogen-bond donors (Lipinski definition) is 0. The van der Waals surface area contributed by atoms with Crippen molar-refractivity contribution in [1.29, 1.82) is 0 Å². The maximum Gasteiger partial charge on any atom is 0.00706 e. The van der Waals surface area contributed by atoms with Crippen LogP contribution in [-0.4, -0.2) is 0 Å². The third-order valence-corrected chi connectivity index (χ3v) is 3.75. The summed E-state index contributed by atoms with van der Waals surface area (Å²) in [7, 11) is 0. The summed E-state index contributed by atoms with van der Waals surface area (Å²) in [6.45, 7) is 8.84. The predicted molar refractivity (Wildman–Crippen MR) is 92.4 cm³/mol. The van der Waals surface area contributed by atoms with E-state index >= 15 is 0 Å². The quantitative estimate of drug-likeness (QED) is 0.557. The van der Waals surface area contributed by atoms with Crippen LogP contribution in [0.5, 0.6) is 0 Å².